The first-order valence-electron chi connectivity index (χ1n) is 39.0. The molecule has 20 nitrogen and oxygen atoms in total. The molecular formula is C90H84F18N6O14. The zero-order valence-electron chi connectivity index (χ0n) is 68.9. The van der Waals surface area contributed by atoms with Gasteiger partial charge in [-0.25, -0.2) is 50.3 Å². The number of aliphatic carboxylic acids is 1. The van der Waals surface area contributed by atoms with Crippen molar-refractivity contribution in [2.24, 2.45) is 5.92 Å². The van der Waals surface area contributed by atoms with E-state index in [1.165, 1.54) is 64.3 Å². The van der Waals surface area contributed by atoms with Gasteiger partial charge in [0.2, 0.25) is 5.91 Å². The standard InChI is InChI=1S/C32H31F7N2O4.C29H26F6N2O6.C29H27F5N2O4/c1-29(2,3)45-28(43)41-18-30(35,36)17-25(41)27(42)40-31(16-19-8-6-5-7-9-19,20-10-11-24(34)26(15-20)44-4)21-12-22(32(37,38)39)14-23(33)13-21;1-41-25(39)24-15-21(38)17-37(24)26(40)36-27(16-18-7-3-2-4-8-18,19-9-5-11-22(13-19)42-28(30,31)32)20-10-6-12-23(14-20)43-29(33,34)35;1-17-10-24(26(37)38)36(16-17)27(39)35-28(15-18-6-4-3-5-7-18,19-8-9-23(31)25(14-19)40-2)20-11-21(29(32,33)34)13-22(30)12-20/h5-15,25H,16-18H2,1-4H3,(H,40,42);2-14,21,24,38H,15-17H2,1H3,(H,36,40);3-9,11-14,17,24H,10,15-16H2,1-2H3,(H,35,39)(H,37,38)/t25-,31+;21-,24+;17-,24+,28-/m011/s1. The Labute approximate surface area is 720 Å². The number of hydrogen-bond acceptors (Lipinski definition) is 13. The topological polar surface area (TPSA) is 244 Å². The highest BCUT2D eigenvalue weighted by Gasteiger charge is 2.54. The van der Waals surface area contributed by atoms with Crippen molar-refractivity contribution in [3.05, 3.63) is 297 Å². The van der Waals surface area contributed by atoms with Gasteiger partial charge in [-0.3, -0.25) is 9.69 Å². The predicted octanol–water partition coefficient (Wildman–Crippen LogP) is 18.5. The van der Waals surface area contributed by atoms with Gasteiger partial charge in [-0.2, -0.15) is 26.3 Å². The number of benzene rings is 9. The predicted molar refractivity (Wildman–Crippen MR) is 424 cm³/mol. The number of urea groups is 2. The number of carbonyl (C=O) groups is 6. The Balaban J connectivity index is 0.000000200. The van der Waals surface area contributed by atoms with Crippen molar-refractivity contribution in [3.63, 3.8) is 0 Å². The normalized spacial score (nSPS) is 18.0. The summed E-state index contributed by atoms with van der Waals surface area (Å²) in [6, 6.07) is 38.4. The number of alkyl halides is 14. The van der Waals surface area contributed by atoms with E-state index < -0.39 is 178 Å². The van der Waals surface area contributed by atoms with Gasteiger partial charge in [-0.05, 0) is 168 Å². The van der Waals surface area contributed by atoms with E-state index in [0.29, 0.717) is 33.7 Å². The number of methoxy groups -OCH3 is 3. The van der Waals surface area contributed by atoms with Crippen LogP contribution in [-0.2, 0) is 72.1 Å². The smallest absolute Gasteiger partial charge is 0.494 e. The van der Waals surface area contributed by atoms with Crippen LogP contribution in [0.1, 0.15) is 108 Å². The Bertz CT molecular complexity index is 5380. The molecule has 3 aliphatic rings. The number of β-amino-alcohol motifs (C(OH)–C–C–N with tert-alkyl or cyclic N) is 1. The molecule has 684 valence electrons. The molecule has 12 rings (SSSR count). The Morgan fingerprint density at radius 3 is 1.22 bits per heavy atom. The lowest BCUT2D eigenvalue weighted by molar-refractivity contribution is -0.275. The summed E-state index contributed by atoms with van der Waals surface area (Å²) in [7, 11) is 3.44. The van der Waals surface area contributed by atoms with Crippen molar-refractivity contribution in [2.75, 3.05) is 41.0 Å². The van der Waals surface area contributed by atoms with Gasteiger partial charge in [0.15, 0.2) is 23.1 Å². The maximum atomic E-state index is 15.0. The van der Waals surface area contributed by atoms with Crippen molar-refractivity contribution in [1.82, 2.24) is 30.7 Å². The maximum Gasteiger partial charge on any atom is 0.573 e. The zero-order chi connectivity index (χ0) is 94.0. The van der Waals surface area contributed by atoms with Crippen LogP contribution in [0, 0.1) is 29.2 Å². The van der Waals surface area contributed by atoms with Gasteiger partial charge in [-0.15, -0.1) is 26.3 Å². The minimum atomic E-state index is -5.07. The molecule has 38 heteroatoms. The van der Waals surface area contributed by atoms with Gasteiger partial charge >= 0.3 is 55.2 Å². The molecule has 7 atom stereocenters. The summed E-state index contributed by atoms with van der Waals surface area (Å²) in [6.45, 7) is 4.91. The molecule has 128 heavy (non-hydrogen) atoms. The van der Waals surface area contributed by atoms with E-state index >= 15 is 0 Å². The minimum absolute atomic E-state index is 0.00461. The molecular weight excluding hydrogens is 1730 g/mol. The molecule has 3 saturated heterocycles. The second kappa shape index (κ2) is 39.1. The lowest BCUT2D eigenvalue weighted by Crippen LogP contribution is -2.55. The number of carboxylic acids is 1. The SMILES string of the molecule is COC(=O)[C@@H]1C[C@@H](O)CN1C(=O)NC(Cc1ccccc1)(c1cccc(OC(F)(F)F)c1)c1cccc(OC(F)(F)F)c1.COc1cc([C@@](Cc2ccccc2)(NC(=O)N2C[C@H](C)C[C@H]2C(=O)O)c2cc(F)cc(C(F)(F)F)c2)ccc1F.COc1cc([C@@](Cc2ccccc2)(NC(=O)[C@@H]2CC(F)(F)CN2C(=O)OC(C)(C)C)c2cc(F)cc(C(F)(F)F)c2)ccc1F. The fourth-order valence-corrected chi connectivity index (χ4v) is 15.4. The van der Waals surface area contributed by atoms with Crippen molar-refractivity contribution in [3.8, 4) is 23.0 Å². The summed E-state index contributed by atoms with van der Waals surface area (Å²) in [5, 5.41) is 28.1. The minimum Gasteiger partial charge on any atom is -0.494 e. The second-order valence-corrected chi connectivity index (χ2v) is 31.5. The van der Waals surface area contributed by atoms with Crippen LogP contribution >= 0.6 is 0 Å². The third-order valence-electron chi connectivity index (χ3n) is 21.0. The average Bonchev–Trinajstić information content (AvgIpc) is 1.02. The van der Waals surface area contributed by atoms with Gasteiger partial charge in [0.1, 0.15) is 46.9 Å². The van der Waals surface area contributed by atoms with Gasteiger partial charge in [0, 0.05) is 45.2 Å². The highest BCUT2D eigenvalue weighted by atomic mass is 19.4. The third-order valence-corrected chi connectivity index (χ3v) is 21.0. The number of carbonyl (C=O) groups excluding carboxylic acids is 5. The van der Waals surface area contributed by atoms with Gasteiger partial charge < -0.3 is 64.4 Å². The van der Waals surface area contributed by atoms with Crippen molar-refractivity contribution < 1.29 is 146 Å². The Kier molecular flexibility index (Phi) is 29.8. The van der Waals surface area contributed by atoms with Gasteiger partial charge in [-0.1, -0.05) is 134 Å². The van der Waals surface area contributed by atoms with Gasteiger partial charge in [0.25, 0.3) is 5.92 Å². The molecule has 0 aliphatic carbocycles. The fraction of sp³-hybridized carbons (Fsp3) is 0.333. The number of aliphatic hydroxyl groups is 1. The molecule has 0 radical (unpaired) electrons. The number of ether oxygens (including phenoxy) is 6. The fourth-order valence-electron chi connectivity index (χ4n) is 15.4. The molecule has 0 saturated carbocycles. The van der Waals surface area contributed by atoms with Crippen LogP contribution in [0.3, 0.4) is 0 Å². The van der Waals surface area contributed by atoms with Crippen LogP contribution in [0.25, 0.3) is 0 Å². The van der Waals surface area contributed by atoms with E-state index in [4.69, 9.17) is 18.9 Å². The maximum absolute atomic E-state index is 15.0. The summed E-state index contributed by atoms with van der Waals surface area (Å²) < 4.78 is 279. The molecule has 3 heterocycles. The molecule has 5 N–H and O–H groups in total. The first-order chi connectivity index (χ1) is 59.9. The summed E-state index contributed by atoms with van der Waals surface area (Å²) in [4.78, 5) is 81.6. The largest absolute Gasteiger partial charge is 0.573 e. The lowest BCUT2D eigenvalue weighted by Gasteiger charge is -2.39. The number of rotatable bonds is 22. The van der Waals surface area contributed by atoms with Crippen molar-refractivity contribution >= 4 is 36.0 Å². The number of amides is 6. The van der Waals surface area contributed by atoms with E-state index in [1.807, 2.05) is 0 Å². The molecule has 0 spiro atoms. The van der Waals surface area contributed by atoms with Crippen molar-refractivity contribution in [1.29, 1.82) is 0 Å². The molecule has 9 aromatic rings. The number of aliphatic hydroxyl groups excluding tert-OH is 1. The highest BCUT2D eigenvalue weighted by molar-refractivity contribution is 5.89. The quantitative estimate of drug-likeness (QED) is 0.0313. The number of nitrogens with zero attached hydrogens (tertiary/aromatic N) is 3. The molecule has 0 unspecified atom stereocenters. The van der Waals surface area contributed by atoms with E-state index in [9.17, 15) is 118 Å². The summed E-state index contributed by atoms with van der Waals surface area (Å²) in [6.07, 6.45) is -24.2. The summed E-state index contributed by atoms with van der Waals surface area (Å²) in [5.74, 6) is -12.9. The van der Waals surface area contributed by atoms with Crippen LogP contribution in [0.15, 0.2) is 212 Å². The zero-order valence-corrected chi connectivity index (χ0v) is 68.9. The van der Waals surface area contributed by atoms with E-state index in [0.717, 1.165) is 90.7 Å². The first kappa shape index (κ1) is 97.3. The van der Waals surface area contributed by atoms with Crippen LogP contribution in [0.2, 0.25) is 0 Å². The molecule has 3 aliphatic heterocycles. The molecule has 0 bridgehead atoms. The summed E-state index contributed by atoms with van der Waals surface area (Å²) in [5.41, 5.74) is -8.79. The Morgan fingerprint density at radius 1 is 0.445 bits per heavy atom. The molecule has 0 aromatic heterocycles. The number of hydrogen-bond donors (Lipinski definition) is 5. The number of esters is 1. The van der Waals surface area contributed by atoms with Gasteiger partial charge in [0.05, 0.1) is 61.7 Å². The van der Waals surface area contributed by atoms with Crippen molar-refractivity contribution in [2.45, 2.75) is 144 Å². The van der Waals surface area contributed by atoms with Crippen LogP contribution in [0.4, 0.5) is 93.4 Å². The average molecular weight is 1820 g/mol. The molecule has 3 fully saturated rings. The van der Waals surface area contributed by atoms with Crippen LogP contribution < -0.4 is 34.9 Å². The Morgan fingerprint density at radius 2 is 0.836 bits per heavy atom. The van der Waals surface area contributed by atoms with Crippen LogP contribution in [0.5, 0.6) is 23.0 Å². The van der Waals surface area contributed by atoms with E-state index in [-0.39, 0.29) is 96.5 Å². The molecule has 9 aromatic carbocycles. The first-order valence-corrected chi connectivity index (χ1v) is 39.0. The van der Waals surface area contributed by atoms with E-state index in [1.54, 1.807) is 97.9 Å². The molecule has 6 amide bonds. The lowest BCUT2D eigenvalue weighted by atomic mass is 9.77. The van der Waals surface area contributed by atoms with Crippen LogP contribution in [-0.4, -0.2) is 150 Å². The number of halogens is 18. The monoisotopic (exact) mass is 1810 g/mol. The summed E-state index contributed by atoms with van der Waals surface area (Å²) >= 11 is 0. The highest BCUT2D eigenvalue weighted by Crippen LogP contribution is 2.46. The number of carboxylic acid groups (broad SMARTS) is 1. The number of likely N-dealkylation sites (tertiary alicyclic amines) is 3. The Hall–Kier alpha value is -12.9. The van der Waals surface area contributed by atoms with E-state index in [2.05, 4.69) is 25.4 Å². The second-order valence-electron chi connectivity index (χ2n) is 31.5. The number of nitrogens with one attached hydrogen (secondary N) is 3. The third kappa shape index (κ3) is 24.2.